The van der Waals surface area contributed by atoms with Crippen molar-refractivity contribution in [2.24, 2.45) is 0 Å². The summed E-state index contributed by atoms with van der Waals surface area (Å²) in [5.41, 5.74) is -0.594. The predicted octanol–water partition coefficient (Wildman–Crippen LogP) is 0.651. The molecule has 3 N–H and O–H groups in total. The minimum atomic E-state index is -4.29. The molecule has 1 aromatic rings. The zero-order chi connectivity index (χ0) is 19.8. The fraction of sp³-hybridized carbons (Fsp3) is 0.533. The Labute approximate surface area is 153 Å². The summed E-state index contributed by atoms with van der Waals surface area (Å²) in [5.74, 6) is -2.46. The molecular weight excluding hydrogens is 391 g/mol. The summed E-state index contributed by atoms with van der Waals surface area (Å²) in [7, 11) is -4.29. The van der Waals surface area contributed by atoms with Gasteiger partial charge in [0.25, 0.3) is 5.91 Å². The normalized spacial score (nSPS) is 21.1. The van der Waals surface area contributed by atoms with E-state index in [1.165, 1.54) is 0 Å². The molecular formula is C15H18F3N3O5S. The number of rotatable bonds is 6. The van der Waals surface area contributed by atoms with Crippen LogP contribution in [0.3, 0.4) is 0 Å². The number of hydrogen-bond acceptors (Lipinski definition) is 6. The number of anilines is 1. The van der Waals surface area contributed by atoms with Gasteiger partial charge in [-0.2, -0.15) is 8.42 Å². The second-order valence-corrected chi connectivity index (χ2v) is 7.87. The monoisotopic (exact) mass is 409 g/mol. The predicted molar refractivity (Wildman–Crippen MR) is 88.7 cm³/mol. The van der Waals surface area contributed by atoms with Gasteiger partial charge in [0.2, 0.25) is 6.43 Å². The molecule has 27 heavy (non-hydrogen) atoms. The van der Waals surface area contributed by atoms with Gasteiger partial charge in [-0.25, -0.2) is 22.2 Å². The van der Waals surface area contributed by atoms with Crippen LogP contribution in [0.5, 0.6) is 11.5 Å². The smallest absolute Gasteiger partial charge is 0.326 e. The quantitative estimate of drug-likeness (QED) is 0.596. The molecule has 3 rings (SSSR count). The summed E-state index contributed by atoms with van der Waals surface area (Å²) >= 11 is 0. The number of nitrogens with one attached hydrogen (secondary N) is 2. The molecule has 2 heterocycles. The third-order valence-corrected chi connectivity index (χ3v) is 5.65. The van der Waals surface area contributed by atoms with E-state index in [0.717, 1.165) is 6.07 Å². The maximum Gasteiger partial charge on any atom is 0.326 e. The van der Waals surface area contributed by atoms with Crippen molar-refractivity contribution in [3.8, 4) is 11.5 Å². The molecule has 150 valence electrons. The lowest BCUT2D eigenvalue weighted by molar-refractivity contribution is -0.117. The first-order valence-electron chi connectivity index (χ1n) is 8.21. The lowest BCUT2D eigenvalue weighted by Gasteiger charge is -2.28. The Kier molecular flexibility index (Phi) is 5.38. The summed E-state index contributed by atoms with van der Waals surface area (Å²) in [5, 5.41) is 13.1. The number of benzene rings is 1. The van der Waals surface area contributed by atoms with Gasteiger partial charge < -0.3 is 15.2 Å². The van der Waals surface area contributed by atoms with Gasteiger partial charge in [-0.05, 0) is 19.4 Å². The summed E-state index contributed by atoms with van der Waals surface area (Å²) in [6.45, 7) is -0.219. The fourth-order valence-electron chi connectivity index (χ4n) is 3.03. The second kappa shape index (κ2) is 7.43. The van der Waals surface area contributed by atoms with Gasteiger partial charge in [0.15, 0.2) is 5.82 Å². The van der Waals surface area contributed by atoms with Gasteiger partial charge in [0.05, 0.1) is 0 Å². The first-order valence-corrected chi connectivity index (χ1v) is 9.65. The van der Waals surface area contributed by atoms with Crippen molar-refractivity contribution in [1.29, 1.82) is 0 Å². The standard InChI is InChI=1S/C15H18F3N3O5S/c16-12(17)2-1-3-19-8-4-9-11(26-7-8)5-10(22)15(14(9)18)21-6-13(23)20-27(21,24)25/h5,8,12,19,22H,1-4,6-7H2,(H,20,23). The number of amides is 1. The fourth-order valence-corrected chi connectivity index (χ4v) is 4.20. The minimum Gasteiger partial charge on any atom is -0.505 e. The van der Waals surface area contributed by atoms with Crippen molar-refractivity contribution in [3.05, 3.63) is 17.4 Å². The van der Waals surface area contributed by atoms with Gasteiger partial charge in [0.1, 0.15) is 30.3 Å². The van der Waals surface area contributed by atoms with E-state index in [9.17, 15) is 31.5 Å². The highest BCUT2D eigenvalue weighted by Gasteiger charge is 2.39. The molecule has 0 spiro atoms. The maximum atomic E-state index is 15.0. The topological polar surface area (TPSA) is 108 Å². The molecule has 2 aliphatic heterocycles. The molecule has 0 saturated carbocycles. The lowest BCUT2D eigenvalue weighted by Crippen LogP contribution is -2.40. The van der Waals surface area contributed by atoms with Crippen LogP contribution in [0.4, 0.5) is 18.9 Å². The van der Waals surface area contributed by atoms with Crippen molar-refractivity contribution >= 4 is 21.8 Å². The average Bonchev–Trinajstić information content (AvgIpc) is 2.84. The highest BCUT2D eigenvalue weighted by Crippen LogP contribution is 2.41. The van der Waals surface area contributed by atoms with E-state index in [1.54, 1.807) is 4.72 Å². The Morgan fingerprint density at radius 2 is 2.19 bits per heavy atom. The van der Waals surface area contributed by atoms with E-state index >= 15 is 0 Å². The highest BCUT2D eigenvalue weighted by molar-refractivity contribution is 7.92. The molecule has 0 radical (unpaired) electrons. The number of aromatic hydroxyl groups is 1. The number of phenolic OH excluding ortho intramolecular Hbond substituents is 1. The number of alkyl halides is 2. The van der Waals surface area contributed by atoms with Crippen LogP contribution in [-0.2, 0) is 21.4 Å². The Balaban J connectivity index is 1.81. The van der Waals surface area contributed by atoms with Crippen LogP contribution >= 0.6 is 0 Å². The van der Waals surface area contributed by atoms with Crippen molar-refractivity contribution in [2.75, 3.05) is 24.0 Å². The zero-order valence-corrected chi connectivity index (χ0v) is 14.9. The van der Waals surface area contributed by atoms with E-state index < -0.39 is 46.3 Å². The van der Waals surface area contributed by atoms with Crippen molar-refractivity contribution in [3.63, 3.8) is 0 Å². The summed E-state index contributed by atoms with van der Waals surface area (Å²) in [6, 6.07) is 0.732. The minimum absolute atomic E-state index is 0.0370. The van der Waals surface area contributed by atoms with Gasteiger partial charge in [-0.15, -0.1) is 0 Å². The van der Waals surface area contributed by atoms with Crippen molar-refractivity contribution in [2.45, 2.75) is 31.7 Å². The van der Waals surface area contributed by atoms with E-state index in [0.29, 0.717) is 10.8 Å². The van der Waals surface area contributed by atoms with E-state index in [4.69, 9.17) is 4.74 Å². The van der Waals surface area contributed by atoms with Crippen LogP contribution in [0.25, 0.3) is 0 Å². The van der Waals surface area contributed by atoms with Crippen LogP contribution in [-0.4, -0.2) is 51.6 Å². The zero-order valence-electron chi connectivity index (χ0n) is 14.0. The third kappa shape index (κ3) is 4.05. The van der Waals surface area contributed by atoms with Crippen LogP contribution < -0.4 is 19.1 Å². The molecule has 0 bridgehead atoms. The number of ether oxygens (including phenoxy) is 1. The number of carbonyl (C=O) groups excluding carboxylic acids is 1. The van der Waals surface area contributed by atoms with E-state index in [2.05, 4.69) is 5.32 Å². The highest BCUT2D eigenvalue weighted by atomic mass is 32.2. The second-order valence-electron chi connectivity index (χ2n) is 6.27. The van der Waals surface area contributed by atoms with E-state index in [-0.39, 0.29) is 43.2 Å². The van der Waals surface area contributed by atoms with Crippen LogP contribution in [0.15, 0.2) is 6.07 Å². The molecule has 12 heteroatoms. The number of halogens is 3. The van der Waals surface area contributed by atoms with Gasteiger partial charge in [0, 0.05) is 24.1 Å². The van der Waals surface area contributed by atoms with Gasteiger partial charge in [-0.1, -0.05) is 0 Å². The first kappa shape index (κ1) is 19.5. The Morgan fingerprint density at radius 3 is 2.81 bits per heavy atom. The Hall–Kier alpha value is -2.21. The SMILES string of the molecule is O=C1CN(c2c(O)cc3c(c2F)CC(NCCCC(F)F)CO3)S(=O)(=O)N1. The summed E-state index contributed by atoms with van der Waals surface area (Å²) in [4.78, 5) is 11.4. The van der Waals surface area contributed by atoms with E-state index in [1.807, 2.05) is 0 Å². The number of hydrogen-bond donors (Lipinski definition) is 3. The van der Waals surface area contributed by atoms with Crippen molar-refractivity contribution < 1.29 is 36.2 Å². The van der Waals surface area contributed by atoms with Crippen molar-refractivity contribution in [1.82, 2.24) is 10.0 Å². The Morgan fingerprint density at radius 1 is 1.44 bits per heavy atom. The lowest BCUT2D eigenvalue weighted by atomic mass is 10.00. The molecule has 0 aliphatic carbocycles. The summed E-state index contributed by atoms with van der Waals surface area (Å²) in [6.07, 6.45) is -2.29. The van der Waals surface area contributed by atoms with Gasteiger partial charge in [-0.3, -0.25) is 4.79 Å². The first-order chi connectivity index (χ1) is 12.7. The molecule has 1 aromatic carbocycles. The summed E-state index contributed by atoms with van der Waals surface area (Å²) < 4.78 is 70.8. The van der Waals surface area contributed by atoms with Crippen LogP contribution in [0.2, 0.25) is 0 Å². The van der Waals surface area contributed by atoms with Crippen LogP contribution in [0.1, 0.15) is 18.4 Å². The molecule has 1 saturated heterocycles. The van der Waals surface area contributed by atoms with Crippen LogP contribution in [0, 0.1) is 5.82 Å². The number of carbonyl (C=O) groups is 1. The number of fused-ring (bicyclic) bond motifs is 1. The Bertz CT molecular complexity index is 850. The molecule has 0 aromatic heterocycles. The third-order valence-electron chi connectivity index (χ3n) is 4.27. The molecule has 1 atom stereocenters. The number of nitrogens with zero attached hydrogens (tertiary/aromatic N) is 1. The maximum absolute atomic E-state index is 15.0. The molecule has 1 unspecified atom stereocenters. The molecule has 2 aliphatic rings. The molecule has 1 amide bonds. The molecule has 8 nitrogen and oxygen atoms in total. The average molecular weight is 409 g/mol. The van der Waals surface area contributed by atoms with Gasteiger partial charge >= 0.3 is 10.2 Å². The molecule has 1 fully saturated rings. The number of phenols is 1. The largest absolute Gasteiger partial charge is 0.505 e.